The molecule has 0 heterocycles. The van der Waals surface area contributed by atoms with E-state index >= 15 is 0 Å². The van der Waals surface area contributed by atoms with E-state index in [1.165, 1.54) is 4.90 Å². The summed E-state index contributed by atoms with van der Waals surface area (Å²) in [4.78, 5) is 25.3. The molecule has 1 atom stereocenters. The van der Waals surface area contributed by atoms with Gasteiger partial charge in [-0.15, -0.1) is 0 Å². The van der Waals surface area contributed by atoms with Gasteiger partial charge in [-0.25, -0.2) is 0 Å². The van der Waals surface area contributed by atoms with Crippen LogP contribution in [-0.2, 0) is 11.2 Å². The molecule has 0 bridgehead atoms. The molecule has 2 amide bonds. The van der Waals surface area contributed by atoms with Crippen LogP contribution in [0.2, 0.25) is 0 Å². The van der Waals surface area contributed by atoms with E-state index in [-0.39, 0.29) is 11.8 Å². The summed E-state index contributed by atoms with van der Waals surface area (Å²) in [6.07, 6.45) is 0.638. The first-order chi connectivity index (χ1) is 8.97. The lowest BCUT2D eigenvalue weighted by Gasteiger charge is -2.18. The van der Waals surface area contributed by atoms with Crippen molar-refractivity contribution in [2.45, 2.75) is 19.4 Å². The zero-order valence-corrected chi connectivity index (χ0v) is 11.6. The number of hydrogen-bond donors (Lipinski definition) is 2. The molecule has 1 rings (SSSR count). The molecule has 0 fully saturated rings. The van der Waals surface area contributed by atoms with Crippen LogP contribution in [0.4, 0.5) is 0 Å². The van der Waals surface area contributed by atoms with E-state index in [4.69, 9.17) is 5.73 Å². The van der Waals surface area contributed by atoms with Gasteiger partial charge in [0.05, 0.1) is 0 Å². The maximum atomic E-state index is 12.2. The lowest BCUT2D eigenvalue weighted by molar-refractivity contribution is -0.130. The van der Waals surface area contributed by atoms with Crippen LogP contribution in [0.5, 0.6) is 0 Å². The van der Waals surface area contributed by atoms with Crippen LogP contribution in [0.15, 0.2) is 24.3 Å². The summed E-state index contributed by atoms with van der Waals surface area (Å²) in [5.41, 5.74) is 7.00. The molecule has 1 aromatic rings. The third-order valence-electron chi connectivity index (χ3n) is 2.83. The van der Waals surface area contributed by atoms with Gasteiger partial charge in [0.1, 0.15) is 6.04 Å². The SMILES string of the molecule is CC(NC(=O)c1ccccc1CCN)C(=O)N(C)C. The topological polar surface area (TPSA) is 75.4 Å². The highest BCUT2D eigenvalue weighted by Crippen LogP contribution is 2.09. The molecular formula is C14H21N3O2. The van der Waals surface area contributed by atoms with Crippen molar-refractivity contribution in [2.24, 2.45) is 5.73 Å². The molecular weight excluding hydrogens is 242 g/mol. The van der Waals surface area contributed by atoms with E-state index in [1.54, 1.807) is 33.2 Å². The van der Waals surface area contributed by atoms with Crippen molar-refractivity contribution in [1.82, 2.24) is 10.2 Å². The maximum absolute atomic E-state index is 12.2. The molecule has 5 heteroatoms. The molecule has 104 valence electrons. The van der Waals surface area contributed by atoms with Crippen LogP contribution in [0.1, 0.15) is 22.8 Å². The Labute approximate surface area is 113 Å². The quantitative estimate of drug-likeness (QED) is 0.807. The number of carbonyl (C=O) groups excluding carboxylic acids is 2. The van der Waals surface area contributed by atoms with E-state index < -0.39 is 6.04 Å². The van der Waals surface area contributed by atoms with Crippen molar-refractivity contribution in [1.29, 1.82) is 0 Å². The van der Waals surface area contributed by atoms with Crippen molar-refractivity contribution in [2.75, 3.05) is 20.6 Å². The van der Waals surface area contributed by atoms with Crippen LogP contribution < -0.4 is 11.1 Å². The summed E-state index contributed by atoms with van der Waals surface area (Å²) in [5, 5.41) is 2.71. The summed E-state index contributed by atoms with van der Waals surface area (Å²) < 4.78 is 0. The fourth-order valence-electron chi connectivity index (χ4n) is 1.84. The zero-order chi connectivity index (χ0) is 14.4. The number of rotatable bonds is 5. The molecule has 0 saturated heterocycles. The fraction of sp³-hybridized carbons (Fsp3) is 0.429. The molecule has 0 spiro atoms. The maximum Gasteiger partial charge on any atom is 0.252 e. The molecule has 0 aliphatic carbocycles. The summed E-state index contributed by atoms with van der Waals surface area (Å²) in [5.74, 6) is -0.378. The Bertz CT molecular complexity index is 458. The van der Waals surface area contributed by atoms with Gasteiger partial charge >= 0.3 is 0 Å². The Balaban J connectivity index is 2.81. The summed E-state index contributed by atoms with van der Waals surface area (Å²) in [6.45, 7) is 2.16. The number of carbonyl (C=O) groups is 2. The molecule has 19 heavy (non-hydrogen) atoms. The van der Waals surface area contributed by atoms with E-state index in [1.807, 2.05) is 12.1 Å². The highest BCUT2D eigenvalue weighted by molar-refractivity contribution is 5.98. The fourth-order valence-corrected chi connectivity index (χ4v) is 1.84. The Morgan fingerprint density at radius 2 is 1.95 bits per heavy atom. The first-order valence-corrected chi connectivity index (χ1v) is 6.27. The number of nitrogens with one attached hydrogen (secondary N) is 1. The highest BCUT2D eigenvalue weighted by Gasteiger charge is 2.19. The molecule has 3 N–H and O–H groups in total. The van der Waals surface area contributed by atoms with E-state index in [2.05, 4.69) is 5.32 Å². The first-order valence-electron chi connectivity index (χ1n) is 6.27. The van der Waals surface area contributed by atoms with E-state index in [9.17, 15) is 9.59 Å². The van der Waals surface area contributed by atoms with Crippen LogP contribution in [0, 0.1) is 0 Å². The van der Waals surface area contributed by atoms with Crippen LogP contribution in [-0.4, -0.2) is 43.4 Å². The van der Waals surface area contributed by atoms with Crippen molar-refractivity contribution in [3.63, 3.8) is 0 Å². The van der Waals surface area contributed by atoms with Crippen molar-refractivity contribution < 1.29 is 9.59 Å². The number of benzene rings is 1. The molecule has 0 aliphatic rings. The number of hydrogen-bond acceptors (Lipinski definition) is 3. The third kappa shape index (κ3) is 4.06. The molecule has 1 unspecified atom stereocenters. The van der Waals surface area contributed by atoms with Gasteiger partial charge in [-0.3, -0.25) is 9.59 Å². The van der Waals surface area contributed by atoms with Gasteiger partial charge in [-0.2, -0.15) is 0 Å². The van der Waals surface area contributed by atoms with Gasteiger partial charge in [-0.05, 0) is 31.5 Å². The molecule has 0 aliphatic heterocycles. The number of nitrogens with zero attached hydrogens (tertiary/aromatic N) is 1. The second-order valence-electron chi connectivity index (χ2n) is 4.62. The number of likely N-dealkylation sites (N-methyl/N-ethyl adjacent to an activating group) is 1. The van der Waals surface area contributed by atoms with Crippen molar-refractivity contribution in [3.05, 3.63) is 35.4 Å². The van der Waals surface area contributed by atoms with Crippen molar-refractivity contribution >= 4 is 11.8 Å². The van der Waals surface area contributed by atoms with Gasteiger partial charge in [0.15, 0.2) is 0 Å². The normalized spacial score (nSPS) is 11.8. The average molecular weight is 263 g/mol. The molecule has 1 aromatic carbocycles. The summed E-state index contributed by atoms with van der Waals surface area (Å²) in [6, 6.07) is 6.74. The zero-order valence-electron chi connectivity index (χ0n) is 11.6. The van der Waals surface area contributed by atoms with Gasteiger partial charge in [0.2, 0.25) is 5.91 Å². The average Bonchev–Trinajstić information content (AvgIpc) is 2.38. The molecule has 0 saturated carbocycles. The van der Waals surface area contributed by atoms with Crippen LogP contribution in [0.25, 0.3) is 0 Å². The molecule has 0 aromatic heterocycles. The van der Waals surface area contributed by atoms with E-state index in [0.717, 1.165) is 5.56 Å². The van der Waals surface area contributed by atoms with Crippen LogP contribution in [0.3, 0.4) is 0 Å². The van der Waals surface area contributed by atoms with E-state index in [0.29, 0.717) is 18.5 Å². The number of nitrogens with two attached hydrogens (primary N) is 1. The molecule has 0 radical (unpaired) electrons. The minimum absolute atomic E-state index is 0.135. The standard InChI is InChI=1S/C14H21N3O2/c1-10(14(19)17(2)3)16-13(18)12-7-5-4-6-11(12)8-9-15/h4-7,10H,8-9,15H2,1-3H3,(H,16,18). The predicted molar refractivity (Wildman–Crippen MR) is 74.8 cm³/mol. The Hall–Kier alpha value is -1.88. The Kier molecular flexibility index (Phi) is 5.51. The smallest absolute Gasteiger partial charge is 0.252 e. The summed E-state index contributed by atoms with van der Waals surface area (Å²) in [7, 11) is 3.32. The van der Waals surface area contributed by atoms with Crippen molar-refractivity contribution in [3.8, 4) is 0 Å². The van der Waals surface area contributed by atoms with Gasteiger partial charge in [0, 0.05) is 19.7 Å². The summed E-state index contributed by atoms with van der Waals surface area (Å²) >= 11 is 0. The minimum Gasteiger partial charge on any atom is -0.347 e. The Morgan fingerprint density at radius 1 is 1.32 bits per heavy atom. The second kappa shape index (κ2) is 6.89. The minimum atomic E-state index is -0.548. The molecule has 5 nitrogen and oxygen atoms in total. The third-order valence-corrected chi connectivity index (χ3v) is 2.83. The van der Waals surface area contributed by atoms with Gasteiger partial charge in [0.25, 0.3) is 5.91 Å². The highest BCUT2D eigenvalue weighted by atomic mass is 16.2. The lowest BCUT2D eigenvalue weighted by atomic mass is 10.0. The lowest BCUT2D eigenvalue weighted by Crippen LogP contribution is -2.44. The van der Waals surface area contributed by atoms with Crippen LogP contribution >= 0.6 is 0 Å². The monoisotopic (exact) mass is 263 g/mol. The largest absolute Gasteiger partial charge is 0.347 e. The first kappa shape index (κ1) is 15.2. The van der Waals surface area contributed by atoms with Gasteiger partial charge < -0.3 is 16.0 Å². The second-order valence-corrected chi connectivity index (χ2v) is 4.62. The Morgan fingerprint density at radius 3 is 2.53 bits per heavy atom. The predicted octanol–water partition coefficient (Wildman–Crippen LogP) is 0.394. The van der Waals surface area contributed by atoms with Gasteiger partial charge in [-0.1, -0.05) is 18.2 Å². The number of amides is 2.